The summed E-state index contributed by atoms with van der Waals surface area (Å²) in [6.07, 6.45) is 3.50. The van der Waals surface area contributed by atoms with E-state index in [0.29, 0.717) is 11.1 Å². The average molecular weight is 255 g/mol. The third-order valence-corrected chi connectivity index (χ3v) is 3.64. The van der Waals surface area contributed by atoms with Gasteiger partial charge < -0.3 is 15.4 Å². The number of halogens is 1. The molecule has 1 aromatic carbocycles. The van der Waals surface area contributed by atoms with Crippen molar-refractivity contribution in [3.63, 3.8) is 0 Å². The lowest BCUT2D eigenvalue weighted by Crippen LogP contribution is -2.31. The molecule has 0 aliphatic carbocycles. The van der Waals surface area contributed by atoms with Crippen molar-refractivity contribution in [1.82, 2.24) is 0 Å². The van der Waals surface area contributed by atoms with E-state index in [0.717, 1.165) is 25.3 Å². The van der Waals surface area contributed by atoms with Crippen molar-refractivity contribution in [2.45, 2.75) is 25.3 Å². The van der Waals surface area contributed by atoms with Gasteiger partial charge in [0.25, 0.3) is 0 Å². The fourth-order valence-corrected chi connectivity index (χ4v) is 2.75. The van der Waals surface area contributed by atoms with Gasteiger partial charge in [-0.05, 0) is 44.0 Å². The fraction of sp³-hybridized carbons (Fsp3) is 0.538. The van der Waals surface area contributed by atoms with E-state index in [1.807, 2.05) is 12.1 Å². The lowest BCUT2D eigenvalue weighted by atomic mass is 10.1. The van der Waals surface area contributed by atoms with Gasteiger partial charge in [-0.25, -0.2) is 0 Å². The molecule has 2 rings (SSSR count). The van der Waals surface area contributed by atoms with Crippen LogP contribution in [0.4, 0.5) is 5.69 Å². The highest BCUT2D eigenvalue weighted by atomic mass is 35.5. The fourth-order valence-electron chi connectivity index (χ4n) is 2.50. The first-order chi connectivity index (χ1) is 8.26. The van der Waals surface area contributed by atoms with E-state index in [1.54, 1.807) is 7.11 Å². The van der Waals surface area contributed by atoms with E-state index in [4.69, 9.17) is 22.1 Å². The zero-order valence-corrected chi connectivity index (χ0v) is 10.9. The SMILES string of the molecule is COc1ccc(N2CCCC2CCN)cc1Cl. The standard InChI is InChI=1S/C13H19ClN2O/c1-17-13-5-4-11(9-12(13)14)16-8-2-3-10(16)6-7-15/h4-5,9-10H,2-3,6-8,15H2,1H3. The minimum atomic E-state index is 0.560. The van der Waals surface area contributed by atoms with Crippen LogP contribution in [-0.4, -0.2) is 26.2 Å². The third kappa shape index (κ3) is 2.67. The van der Waals surface area contributed by atoms with Crippen molar-refractivity contribution in [2.24, 2.45) is 5.73 Å². The van der Waals surface area contributed by atoms with Crippen molar-refractivity contribution in [3.8, 4) is 5.75 Å². The monoisotopic (exact) mass is 254 g/mol. The first kappa shape index (κ1) is 12.5. The molecule has 3 nitrogen and oxygen atoms in total. The highest BCUT2D eigenvalue weighted by Gasteiger charge is 2.24. The Morgan fingerprint density at radius 1 is 1.53 bits per heavy atom. The van der Waals surface area contributed by atoms with E-state index in [-0.39, 0.29) is 0 Å². The lowest BCUT2D eigenvalue weighted by molar-refractivity contribution is 0.415. The summed E-state index contributed by atoms with van der Waals surface area (Å²) < 4.78 is 5.17. The molecular weight excluding hydrogens is 236 g/mol. The Labute approximate surface area is 107 Å². The van der Waals surface area contributed by atoms with Crippen molar-refractivity contribution in [1.29, 1.82) is 0 Å². The average Bonchev–Trinajstić information content (AvgIpc) is 2.78. The van der Waals surface area contributed by atoms with Crippen molar-refractivity contribution >= 4 is 17.3 Å². The molecule has 94 valence electrons. The first-order valence-electron chi connectivity index (χ1n) is 6.06. The van der Waals surface area contributed by atoms with Gasteiger partial charge in [0.1, 0.15) is 5.75 Å². The Hall–Kier alpha value is -0.930. The number of hydrogen-bond acceptors (Lipinski definition) is 3. The molecular formula is C13H19ClN2O. The van der Waals surface area contributed by atoms with Gasteiger partial charge in [-0.15, -0.1) is 0 Å². The predicted octanol–water partition coefficient (Wildman–Crippen LogP) is 2.67. The number of rotatable bonds is 4. The minimum absolute atomic E-state index is 0.560. The second-order valence-electron chi connectivity index (χ2n) is 4.39. The summed E-state index contributed by atoms with van der Waals surface area (Å²) in [5.74, 6) is 0.727. The molecule has 4 heteroatoms. The molecule has 1 unspecified atom stereocenters. The first-order valence-corrected chi connectivity index (χ1v) is 6.44. The lowest BCUT2D eigenvalue weighted by Gasteiger charge is -2.27. The van der Waals surface area contributed by atoms with Crippen LogP contribution >= 0.6 is 11.6 Å². The minimum Gasteiger partial charge on any atom is -0.495 e. The molecule has 1 aliphatic heterocycles. The zero-order chi connectivity index (χ0) is 12.3. The summed E-state index contributed by atoms with van der Waals surface area (Å²) in [4.78, 5) is 2.40. The molecule has 1 aliphatic rings. The predicted molar refractivity (Wildman–Crippen MR) is 72.0 cm³/mol. The molecule has 1 saturated heterocycles. The van der Waals surface area contributed by atoms with Gasteiger partial charge in [0.2, 0.25) is 0 Å². The van der Waals surface area contributed by atoms with Gasteiger partial charge in [-0.1, -0.05) is 11.6 Å². The molecule has 1 heterocycles. The molecule has 1 aromatic rings. The van der Waals surface area contributed by atoms with Gasteiger partial charge in [0.05, 0.1) is 12.1 Å². The van der Waals surface area contributed by atoms with Crippen LogP contribution < -0.4 is 15.4 Å². The molecule has 2 N–H and O–H groups in total. The Bertz CT molecular complexity index is 384. The van der Waals surface area contributed by atoms with Crippen molar-refractivity contribution in [3.05, 3.63) is 23.2 Å². The summed E-state index contributed by atoms with van der Waals surface area (Å²) in [6.45, 7) is 1.83. The molecule has 0 saturated carbocycles. The van der Waals surface area contributed by atoms with E-state index >= 15 is 0 Å². The van der Waals surface area contributed by atoms with Crippen LogP contribution in [0.25, 0.3) is 0 Å². The van der Waals surface area contributed by atoms with Crippen LogP contribution in [0.15, 0.2) is 18.2 Å². The molecule has 0 radical (unpaired) electrons. The van der Waals surface area contributed by atoms with Gasteiger partial charge in [-0.3, -0.25) is 0 Å². The number of nitrogens with two attached hydrogens (primary N) is 1. The maximum atomic E-state index is 6.16. The third-order valence-electron chi connectivity index (χ3n) is 3.34. The summed E-state index contributed by atoms with van der Waals surface area (Å²) in [5, 5.41) is 0.670. The summed E-state index contributed by atoms with van der Waals surface area (Å²) in [5.41, 5.74) is 6.82. The quantitative estimate of drug-likeness (QED) is 0.898. The molecule has 0 spiro atoms. The number of ether oxygens (including phenoxy) is 1. The normalized spacial score (nSPS) is 19.7. The van der Waals surface area contributed by atoms with E-state index < -0.39 is 0 Å². The summed E-state index contributed by atoms with van der Waals surface area (Å²) in [6, 6.07) is 6.54. The number of hydrogen-bond donors (Lipinski definition) is 1. The molecule has 0 bridgehead atoms. The van der Waals surface area contributed by atoms with Crippen LogP contribution in [0.3, 0.4) is 0 Å². The van der Waals surface area contributed by atoms with Gasteiger partial charge in [0.15, 0.2) is 0 Å². The largest absolute Gasteiger partial charge is 0.495 e. The Kier molecular flexibility index (Phi) is 4.13. The number of nitrogens with zero attached hydrogens (tertiary/aromatic N) is 1. The van der Waals surface area contributed by atoms with Crippen LogP contribution in [0, 0.1) is 0 Å². The van der Waals surface area contributed by atoms with Crippen LogP contribution in [0.5, 0.6) is 5.75 Å². The highest BCUT2D eigenvalue weighted by Crippen LogP contribution is 2.33. The van der Waals surface area contributed by atoms with E-state index in [9.17, 15) is 0 Å². The van der Waals surface area contributed by atoms with Gasteiger partial charge >= 0.3 is 0 Å². The molecule has 1 atom stereocenters. The summed E-state index contributed by atoms with van der Waals surface area (Å²) in [7, 11) is 1.63. The molecule has 17 heavy (non-hydrogen) atoms. The second kappa shape index (κ2) is 5.61. The van der Waals surface area contributed by atoms with Crippen LogP contribution in [0.1, 0.15) is 19.3 Å². The molecule has 0 amide bonds. The topological polar surface area (TPSA) is 38.5 Å². The second-order valence-corrected chi connectivity index (χ2v) is 4.79. The van der Waals surface area contributed by atoms with Crippen molar-refractivity contribution < 1.29 is 4.74 Å². The van der Waals surface area contributed by atoms with Gasteiger partial charge in [0, 0.05) is 18.3 Å². The number of benzene rings is 1. The summed E-state index contributed by atoms with van der Waals surface area (Å²) >= 11 is 6.16. The van der Waals surface area contributed by atoms with Crippen LogP contribution in [0.2, 0.25) is 5.02 Å². The number of anilines is 1. The zero-order valence-electron chi connectivity index (χ0n) is 10.2. The van der Waals surface area contributed by atoms with E-state index in [2.05, 4.69) is 11.0 Å². The smallest absolute Gasteiger partial charge is 0.137 e. The maximum Gasteiger partial charge on any atom is 0.137 e. The molecule has 1 fully saturated rings. The highest BCUT2D eigenvalue weighted by molar-refractivity contribution is 6.32. The van der Waals surface area contributed by atoms with Gasteiger partial charge in [-0.2, -0.15) is 0 Å². The Balaban J connectivity index is 2.18. The number of methoxy groups -OCH3 is 1. The van der Waals surface area contributed by atoms with E-state index in [1.165, 1.54) is 18.5 Å². The van der Waals surface area contributed by atoms with Crippen LogP contribution in [-0.2, 0) is 0 Å². The Morgan fingerprint density at radius 3 is 3.00 bits per heavy atom. The Morgan fingerprint density at radius 2 is 2.35 bits per heavy atom. The maximum absolute atomic E-state index is 6.16. The molecule has 0 aromatic heterocycles. The van der Waals surface area contributed by atoms with Crippen molar-refractivity contribution in [2.75, 3.05) is 25.1 Å².